The van der Waals surface area contributed by atoms with Crippen LogP contribution in [0.4, 0.5) is 0 Å². The molecule has 0 aliphatic carbocycles. The van der Waals surface area contributed by atoms with Crippen molar-refractivity contribution in [2.75, 3.05) is 7.11 Å². The Labute approximate surface area is 132 Å². The summed E-state index contributed by atoms with van der Waals surface area (Å²) in [4.78, 5) is 0. The fourth-order valence-electron chi connectivity index (χ4n) is 2.64. The first-order chi connectivity index (χ1) is 10.1. The van der Waals surface area contributed by atoms with E-state index in [0.717, 1.165) is 21.3 Å². The molecule has 2 aromatic carbocycles. The molecule has 0 spiro atoms. The van der Waals surface area contributed by atoms with Crippen LogP contribution >= 0.6 is 15.9 Å². The second-order valence-corrected chi connectivity index (χ2v) is 6.14. The predicted octanol–water partition coefficient (Wildman–Crippen LogP) is 4.32. The minimum atomic E-state index is -0.554. The van der Waals surface area contributed by atoms with Gasteiger partial charge in [-0.1, -0.05) is 28.1 Å². The zero-order valence-electron chi connectivity index (χ0n) is 12.0. The van der Waals surface area contributed by atoms with Crippen LogP contribution in [0.1, 0.15) is 35.3 Å². The van der Waals surface area contributed by atoms with Gasteiger partial charge in [0.2, 0.25) is 0 Å². The van der Waals surface area contributed by atoms with Gasteiger partial charge >= 0.3 is 0 Å². The molecule has 0 saturated carbocycles. The topological polar surface area (TPSA) is 38.7 Å². The molecule has 2 aromatic rings. The molecule has 0 radical (unpaired) electrons. The number of rotatable bonds is 2. The lowest BCUT2D eigenvalue weighted by Crippen LogP contribution is -2.19. The van der Waals surface area contributed by atoms with Crippen LogP contribution in [0.25, 0.3) is 0 Å². The maximum absolute atomic E-state index is 10.4. The third kappa shape index (κ3) is 2.78. The molecule has 21 heavy (non-hydrogen) atoms. The van der Waals surface area contributed by atoms with E-state index in [1.54, 1.807) is 7.11 Å². The summed E-state index contributed by atoms with van der Waals surface area (Å²) in [5.74, 6) is 1.44. The number of methoxy groups -OCH3 is 1. The lowest BCUT2D eigenvalue weighted by atomic mass is 9.94. The SMILES string of the molecule is COc1ccc2c(c1)[C@H](O)CC(c1ccc(C)cc1Br)O2. The summed E-state index contributed by atoms with van der Waals surface area (Å²) < 4.78 is 12.3. The average molecular weight is 349 g/mol. The van der Waals surface area contributed by atoms with Crippen molar-refractivity contribution in [3.05, 3.63) is 57.6 Å². The van der Waals surface area contributed by atoms with E-state index in [1.807, 2.05) is 31.2 Å². The van der Waals surface area contributed by atoms with E-state index in [0.29, 0.717) is 12.2 Å². The van der Waals surface area contributed by atoms with Gasteiger partial charge in [-0.3, -0.25) is 0 Å². The van der Waals surface area contributed by atoms with E-state index in [1.165, 1.54) is 5.56 Å². The zero-order valence-corrected chi connectivity index (χ0v) is 13.6. The Balaban J connectivity index is 1.94. The minimum absolute atomic E-state index is 0.157. The van der Waals surface area contributed by atoms with Crippen LogP contribution in [0.2, 0.25) is 0 Å². The summed E-state index contributed by atoms with van der Waals surface area (Å²) in [5.41, 5.74) is 3.03. The van der Waals surface area contributed by atoms with Crippen molar-refractivity contribution >= 4 is 15.9 Å². The Morgan fingerprint density at radius 1 is 1.19 bits per heavy atom. The van der Waals surface area contributed by atoms with Gasteiger partial charge in [0.15, 0.2) is 0 Å². The van der Waals surface area contributed by atoms with E-state index < -0.39 is 6.10 Å². The Morgan fingerprint density at radius 2 is 2.00 bits per heavy atom. The Morgan fingerprint density at radius 3 is 2.71 bits per heavy atom. The molecule has 1 aliphatic heterocycles. The quantitative estimate of drug-likeness (QED) is 0.877. The van der Waals surface area contributed by atoms with Crippen LogP contribution in [0, 0.1) is 6.92 Å². The van der Waals surface area contributed by atoms with Gasteiger partial charge in [-0.05, 0) is 36.8 Å². The Kier molecular flexibility index (Phi) is 3.91. The first-order valence-electron chi connectivity index (χ1n) is 6.87. The smallest absolute Gasteiger partial charge is 0.128 e. The standard InChI is InChI=1S/C17H17BrO3/c1-10-3-5-12(14(18)7-10)17-9-15(19)13-8-11(20-2)4-6-16(13)21-17/h3-8,15,17,19H,9H2,1-2H3/t15-,17?/m1/s1. The third-order valence-corrected chi connectivity index (χ3v) is 4.47. The van der Waals surface area contributed by atoms with E-state index in [-0.39, 0.29) is 6.10 Å². The number of aliphatic hydroxyl groups is 1. The van der Waals surface area contributed by atoms with Crippen molar-refractivity contribution in [3.8, 4) is 11.5 Å². The number of hydrogen-bond donors (Lipinski definition) is 1. The molecule has 1 aliphatic rings. The van der Waals surface area contributed by atoms with Crippen LogP contribution in [0.3, 0.4) is 0 Å². The van der Waals surface area contributed by atoms with E-state index in [4.69, 9.17) is 9.47 Å². The summed E-state index contributed by atoms with van der Waals surface area (Å²) in [6.07, 6.45) is -0.181. The number of benzene rings is 2. The van der Waals surface area contributed by atoms with Crippen LogP contribution in [-0.4, -0.2) is 12.2 Å². The van der Waals surface area contributed by atoms with Crippen LogP contribution in [-0.2, 0) is 0 Å². The number of hydrogen-bond acceptors (Lipinski definition) is 3. The molecule has 1 N–H and O–H groups in total. The predicted molar refractivity (Wildman–Crippen MR) is 84.8 cm³/mol. The molecule has 1 heterocycles. The van der Waals surface area contributed by atoms with Crippen molar-refractivity contribution in [3.63, 3.8) is 0 Å². The second-order valence-electron chi connectivity index (χ2n) is 5.29. The third-order valence-electron chi connectivity index (χ3n) is 3.79. The molecular formula is C17H17BrO3. The average Bonchev–Trinajstić information content (AvgIpc) is 2.47. The molecule has 0 bridgehead atoms. The largest absolute Gasteiger partial charge is 0.497 e. The van der Waals surface area contributed by atoms with Crippen molar-refractivity contribution in [1.82, 2.24) is 0 Å². The molecular weight excluding hydrogens is 332 g/mol. The normalized spacial score (nSPS) is 20.6. The molecule has 0 saturated heterocycles. The van der Waals surface area contributed by atoms with Crippen LogP contribution in [0.5, 0.6) is 11.5 Å². The van der Waals surface area contributed by atoms with Crippen molar-refractivity contribution < 1.29 is 14.6 Å². The van der Waals surface area contributed by atoms with Gasteiger partial charge in [0.25, 0.3) is 0 Å². The van der Waals surface area contributed by atoms with Crippen molar-refractivity contribution in [1.29, 1.82) is 0 Å². The molecule has 3 rings (SSSR count). The number of ether oxygens (including phenoxy) is 2. The number of aliphatic hydroxyl groups excluding tert-OH is 1. The molecule has 0 amide bonds. The van der Waals surface area contributed by atoms with Gasteiger partial charge in [0.1, 0.15) is 17.6 Å². The molecule has 110 valence electrons. The van der Waals surface area contributed by atoms with Gasteiger partial charge < -0.3 is 14.6 Å². The van der Waals surface area contributed by atoms with Gasteiger partial charge in [-0.15, -0.1) is 0 Å². The molecule has 2 atom stereocenters. The highest BCUT2D eigenvalue weighted by Crippen LogP contribution is 2.43. The van der Waals surface area contributed by atoms with Crippen molar-refractivity contribution in [2.45, 2.75) is 25.6 Å². The number of aryl methyl sites for hydroxylation is 1. The Hall–Kier alpha value is -1.52. The first-order valence-corrected chi connectivity index (χ1v) is 7.66. The lowest BCUT2D eigenvalue weighted by molar-refractivity contribution is 0.0651. The molecule has 3 nitrogen and oxygen atoms in total. The zero-order chi connectivity index (χ0) is 15.0. The summed E-state index contributed by atoms with van der Waals surface area (Å²) in [5, 5.41) is 10.4. The second kappa shape index (κ2) is 5.70. The molecule has 0 fully saturated rings. The number of fused-ring (bicyclic) bond motifs is 1. The molecule has 0 aromatic heterocycles. The summed E-state index contributed by atoms with van der Waals surface area (Å²) in [7, 11) is 1.62. The van der Waals surface area contributed by atoms with Gasteiger partial charge in [0.05, 0.1) is 13.2 Å². The highest BCUT2D eigenvalue weighted by atomic mass is 79.9. The highest BCUT2D eigenvalue weighted by molar-refractivity contribution is 9.10. The minimum Gasteiger partial charge on any atom is -0.497 e. The van der Waals surface area contributed by atoms with Gasteiger partial charge in [-0.2, -0.15) is 0 Å². The molecule has 1 unspecified atom stereocenters. The fourth-order valence-corrected chi connectivity index (χ4v) is 3.38. The van der Waals surface area contributed by atoms with Gasteiger partial charge in [0, 0.05) is 22.0 Å². The van der Waals surface area contributed by atoms with Gasteiger partial charge in [-0.25, -0.2) is 0 Å². The monoisotopic (exact) mass is 348 g/mol. The number of halogens is 1. The fraction of sp³-hybridized carbons (Fsp3) is 0.294. The maximum atomic E-state index is 10.4. The first kappa shape index (κ1) is 14.4. The maximum Gasteiger partial charge on any atom is 0.128 e. The summed E-state index contributed by atoms with van der Waals surface area (Å²) >= 11 is 3.58. The van der Waals surface area contributed by atoms with Crippen LogP contribution in [0.15, 0.2) is 40.9 Å². The van der Waals surface area contributed by atoms with E-state index in [2.05, 4.69) is 28.1 Å². The lowest BCUT2D eigenvalue weighted by Gasteiger charge is -2.30. The summed E-state index contributed by atoms with van der Waals surface area (Å²) in [6, 6.07) is 11.7. The van der Waals surface area contributed by atoms with E-state index >= 15 is 0 Å². The summed E-state index contributed by atoms with van der Waals surface area (Å²) in [6.45, 7) is 2.05. The van der Waals surface area contributed by atoms with Crippen LogP contribution < -0.4 is 9.47 Å². The highest BCUT2D eigenvalue weighted by Gasteiger charge is 2.29. The molecule has 4 heteroatoms. The van der Waals surface area contributed by atoms with Crippen molar-refractivity contribution in [2.24, 2.45) is 0 Å². The Bertz CT molecular complexity index is 669. The van der Waals surface area contributed by atoms with E-state index in [9.17, 15) is 5.11 Å².